The van der Waals surface area contributed by atoms with Gasteiger partial charge in [-0.15, -0.1) is 0 Å². The molecule has 37 heavy (non-hydrogen) atoms. The Balaban J connectivity index is 1.80. The SMILES string of the molecule is CC(C)NC(=O)[C@H](Cc1ccccc1)N(Cc1ccc(Cl)c(Cl)c1)C(=O)CCCOc1ccc(Cl)cc1. The van der Waals surface area contributed by atoms with E-state index in [2.05, 4.69) is 5.32 Å². The van der Waals surface area contributed by atoms with Crippen LogP contribution in [0.4, 0.5) is 0 Å². The van der Waals surface area contributed by atoms with E-state index in [0.29, 0.717) is 40.3 Å². The molecule has 3 aromatic carbocycles. The minimum Gasteiger partial charge on any atom is -0.494 e. The predicted octanol–water partition coefficient (Wildman–Crippen LogP) is 6.97. The van der Waals surface area contributed by atoms with Gasteiger partial charge in [-0.3, -0.25) is 9.59 Å². The van der Waals surface area contributed by atoms with Crippen molar-refractivity contribution in [3.8, 4) is 5.75 Å². The first kappa shape index (κ1) is 28.8. The Hall–Kier alpha value is -2.73. The number of benzene rings is 3. The fraction of sp³-hybridized carbons (Fsp3) is 0.310. The molecule has 0 radical (unpaired) electrons. The first-order valence-corrected chi connectivity index (χ1v) is 13.3. The number of hydrogen-bond donors (Lipinski definition) is 1. The summed E-state index contributed by atoms with van der Waals surface area (Å²) in [5, 5.41) is 4.44. The molecular formula is C29H31Cl3N2O3. The Morgan fingerprint density at radius 1 is 0.892 bits per heavy atom. The lowest BCUT2D eigenvalue weighted by atomic mass is 10.0. The van der Waals surface area contributed by atoms with E-state index in [1.165, 1.54) is 0 Å². The summed E-state index contributed by atoms with van der Waals surface area (Å²) in [6.07, 6.45) is 1.09. The average Bonchev–Trinajstić information content (AvgIpc) is 2.87. The lowest BCUT2D eigenvalue weighted by Crippen LogP contribution is -2.51. The fourth-order valence-electron chi connectivity index (χ4n) is 3.86. The summed E-state index contributed by atoms with van der Waals surface area (Å²) in [6.45, 7) is 4.37. The van der Waals surface area contributed by atoms with Crippen molar-refractivity contribution < 1.29 is 14.3 Å². The molecule has 0 aromatic heterocycles. The van der Waals surface area contributed by atoms with E-state index in [1.54, 1.807) is 41.3 Å². The van der Waals surface area contributed by atoms with Crippen LogP contribution in [-0.2, 0) is 22.6 Å². The molecule has 2 amide bonds. The second kappa shape index (κ2) is 14.3. The summed E-state index contributed by atoms with van der Waals surface area (Å²) in [4.78, 5) is 28.6. The topological polar surface area (TPSA) is 58.6 Å². The molecule has 0 bridgehead atoms. The molecule has 3 rings (SSSR count). The number of nitrogens with one attached hydrogen (secondary N) is 1. The minimum atomic E-state index is -0.705. The van der Waals surface area contributed by atoms with Crippen LogP contribution in [0.25, 0.3) is 0 Å². The highest BCUT2D eigenvalue weighted by atomic mass is 35.5. The van der Waals surface area contributed by atoms with Crippen LogP contribution in [0.1, 0.15) is 37.8 Å². The van der Waals surface area contributed by atoms with Crippen LogP contribution in [0.2, 0.25) is 15.1 Å². The van der Waals surface area contributed by atoms with Crippen LogP contribution in [0.3, 0.4) is 0 Å². The van der Waals surface area contributed by atoms with Gasteiger partial charge in [0.25, 0.3) is 0 Å². The van der Waals surface area contributed by atoms with E-state index in [0.717, 1.165) is 11.1 Å². The van der Waals surface area contributed by atoms with Crippen molar-refractivity contribution in [3.63, 3.8) is 0 Å². The zero-order valence-corrected chi connectivity index (χ0v) is 23.2. The Morgan fingerprint density at radius 2 is 1.59 bits per heavy atom. The second-order valence-electron chi connectivity index (χ2n) is 9.04. The first-order valence-electron chi connectivity index (χ1n) is 12.2. The third-order valence-electron chi connectivity index (χ3n) is 5.66. The molecule has 1 N–H and O–H groups in total. The predicted molar refractivity (Wildman–Crippen MR) is 150 cm³/mol. The Bertz CT molecular complexity index is 1170. The minimum absolute atomic E-state index is 0.0690. The molecule has 8 heteroatoms. The van der Waals surface area contributed by atoms with E-state index in [1.807, 2.05) is 50.2 Å². The Labute approximate surface area is 233 Å². The van der Waals surface area contributed by atoms with Crippen LogP contribution < -0.4 is 10.1 Å². The van der Waals surface area contributed by atoms with Crippen molar-refractivity contribution in [2.75, 3.05) is 6.61 Å². The molecule has 0 saturated carbocycles. The van der Waals surface area contributed by atoms with Gasteiger partial charge in [0, 0.05) is 30.5 Å². The monoisotopic (exact) mass is 560 g/mol. The van der Waals surface area contributed by atoms with Crippen LogP contribution in [-0.4, -0.2) is 35.4 Å². The molecule has 0 spiro atoms. The lowest BCUT2D eigenvalue weighted by molar-refractivity contribution is -0.141. The molecule has 196 valence electrons. The van der Waals surface area contributed by atoms with Crippen molar-refractivity contribution in [1.82, 2.24) is 10.2 Å². The molecule has 0 fully saturated rings. The van der Waals surface area contributed by atoms with Crippen LogP contribution in [0.5, 0.6) is 5.75 Å². The van der Waals surface area contributed by atoms with E-state index in [9.17, 15) is 9.59 Å². The number of halogens is 3. The van der Waals surface area contributed by atoms with Gasteiger partial charge in [-0.05, 0) is 67.8 Å². The number of nitrogens with zero attached hydrogens (tertiary/aromatic N) is 1. The zero-order chi connectivity index (χ0) is 26.8. The molecule has 5 nitrogen and oxygen atoms in total. The molecular weight excluding hydrogens is 531 g/mol. The first-order chi connectivity index (χ1) is 17.7. The van der Waals surface area contributed by atoms with Gasteiger partial charge >= 0.3 is 0 Å². The maximum absolute atomic E-state index is 13.6. The number of hydrogen-bond acceptors (Lipinski definition) is 3. The number of rotatable bonds is 12. The van der Waals surface area contributed by atoms with Crippen LogP contribution in [0, 0.1) is 0 Å². The Kier molecular flexibility index (Phi) is 11.1. The highest BCUT2D eigenvalue weighted by Gasteiger charge is 2.30. The van der Waals surface area contributed by atoms with Gasteiger partial charge in [-0.25, -0.2) is 0 Å². The molecule has 0 unspecified atom stereocenters. The summed E-state index contributed by atoms with van der Waals surface area (Å²) in [5.74, 6) is 0.332. The van der Waals surface area contributed by atoms with Gasteiger partial charge in [-0.1, -0.05) is 71.2 Å². The van der Waals surface area contributed by atoms with Crippen molar-refractivity contribution in [2.24, 2.45) is 0 Å². The smallest absolute Gasteiger partial charge is 0.243 e. The number of amides is 2. The highest BCUT2D eigenvalue weighted by molar-refractivity contribution is 6.42. The van der Waals surface area contributed by atoms with Crippen molar-refractivity contribution in [2.45, 2.75) is 51.7 Å². The van der Waals surface area contributed by atoms with Gasteiger partial charge in [-0.2, -0.15) is 0 Å². The quantitative estimate of drug-likeness (QED) is 0.243. The number of ether oxygens (including phenoxy) is 1. The fourth-order valence-corrected chi connectivity index (χ4v) is 4.30. The molecule has 0 saturated heterocycles. The van der Waals surface area contributed by atoms with Gasteiger partial charge in [0.2, 0.25) is 11.8 Å². The van der Waals surface area contributed by atoms with Crippen molar-refractivity contribution in [3.05, 3.63) is 99.0 Å². The number of carbonyl (C=O) groups is 2. The standard InChI is InChI=1S/C29H31Cl3N2O3/c1-20(2)33-29(36)27(18-21-7-4-3-5-8-21)34(19-22-10-15-25(31)26(32)17-22)28(35)9-6-16-37-24-13-11-23(30)12-14-24/h3-5,7-8,10-15,17,20,27H,6,9,16,18-19H2,1-2H3,(H,33,36)/t27-/m0/s1. The largest absolute Gasteiger partial charge is 0.494 e. The van der Waals surface area contributed by atoms with Gasteiger partial charge in [0.05, 0.1) is 16.7 Å². The molecule has 1 atom stereocenters. The average molecular weight is 562 g/mol. The van der Waals surface area contributed by atoms with Gasteiger partial charge in [0.1, 0.15) is 11.8 Å². The maximum atomic E-state index is 13.6. The maximum Gasteiger partial charge on any atom is 0.243 e. The van der Waals surface area contributed by atoms with E-state index >= 15 is 0 Å². The molecule has 0 aliphatic carbocycles. The summed E-state index contributed by atoms with van der Waals surface area (Å²) < 4.78 is 5.75. The zero-order valence-electron chi connectivity index (χ0n) is 20.9. The molecule has 3 aromatic rings. The third kappa shape index (κ3) is 9.26. The second-order valence-corrected chi connectivity index (χ2v) is 10.3. The summed E-state index contributed by atoms with van der Waals surface area (Å²) in [5.41, 5.74) is 1.75. The Morgan fingerprint density at radius 3 is 2.24 bits per heavy atom. The summed E-state index contributed by atoms with van der Waals surface area (Å²) in [6, 6.07) is 21.2. The van der Waals surface area contributed by atoms with E-state index in [4.69, 9.17) is 39.5 Å². The normalized spacial score (nSPS) is 11.7. The number of carbonyl (C=O) groups excluding carboxylic acids is 2. The lowest BCUT2D eigenvalue weighted by Gasteiger charge is -2.32. The van der Waals surface area contributed by atoms with E-state index in [-0.39, 0.29) is 30.8 Å². The van der Waals surface area contributed by atoms with Crippen LogP contribution in [0.15, 0.2) is 72.8 Å². The van der Waals surface area contributed by atoms with Crippen molar-refractivity contribution in [1.29, 1.82) is 0 Å². The molecule has 0 heterocycles. The summed E-state index contributed by atoms with van der Waals surface area (Å²) in [7, 11) is 0. The van der Waals surface area contributed by atoms with Crippen LogP contribution >= 0.6 is 34.8 Å². The third-order valence-corrected chi connectivity index (χ3v) is 6.65. The molecule has 0 aliphatic rings. The van der Waals surface area contributed by atoms with E-state index < -0.39 is 6.04 Å². The molecule has 0 aliphatic heterocycles. The van der Waals surface area contributed by atoms with Crippen molar-refractivity contribution >= 4 is 46.6 Å². The van der Waals surface area contributed by atoms with Gasteiger partial charge in [0.15, 0.2) is 0 Å². The van der Waals surface area contributed by atoms with Gasteiger partial charge < -0.3 is 15.0 Å². The highest BCUT2D eigenvalue weighted by Crippen LogP contribution is 2.25. The summed E-state index contributed by atoms with van der Waals surface area (Å²) >= 11 is 18.3.